The number of hydrogen-bond donors (Lipinski definition) is 0. The van der Waals surface area contributed by atoms with Gasteiger partial charge in [-0.15, -0.1) is 11.6 Å². The van der Waals surface area contributed by atoms with Gasteiger partial charge >= 0.3 is 0 Å². The van der Waals surface area contributed by atoms with Gasteiger partial charge in [0.15, 0.2) is 0 Å². The SMILES string of the molecule is Cc1cc(N2CCCN(CCCl)CC2)nc(C(C)C)n1. The van der Waals surface area contributed by atoms with Crippen molar-refractivity contribution >= 4 is 17.4 Å². The van der Waals surface area contributed by atoms with Crippen molar-refractivity contribution in [1.29, 1.82) is 0 Å². The van der Waals surface area contributed by atoms with E-state index in [1.54, 1.807) is 0 Å². The van der Waals surface area contributed by atoms with Crippen molar-refractivity contribution in [3.8, 4) is 0 Å². The highest BCUT2D eigenvalue weighted by Gasteiger charge is 2.17. The Bertz CT molecular complexity index is 436. The van der Waals surface area contributed by atoms with Crippen molar-refractivity contribution in [3.05, 3.63) is 17.6 Å². The molecule has 0 saturated carbocycles. The highest BCUT2D eigenvalue weighted by atomic mass is 35.5. The van der Waals surface area contributed by atoms with Crippen molar-refractivity contribution in [2.24, 2.45) is 0 Å². The Morgan fingerprint density at radius 2 is 2.00 bits per heavy atom. The molecule has 2 rings (SSSR count). The molecule has 0 radical (unpaired) electrons. The number of aromatic nitrogens is 2. The summed E-state index contributed by atoms with van der Waals surface area (Å²) in [4.78, 5) is 14.1. The molecule has 4 nitrogen and oxygen atoms in total. The number of hydrogen-bond acceptors (Lipinski definition) is 4. The van der Waals surface area contributed by atoms with E-state index in [2.05, 4.69) is 41.6 Å². The monoisotopic (exact) mass is 296 g/mol. The van der Waals surface area contributed by atoms with Crippen molar-refractivity contribution in [3.63, 3.8) is 0 Å². The zero-order valence-electron chi connectivity index (χ0n) is 12.8. The average Bonchev–Trinajstić information content (AvgIpc) is 2.64. The summed E-state index contributed by atoms with van der Waals surface area (Å²) in [5, 5.41) is 0. The molecule has 0 aliphatic carbocycles. The van der Waals surface area contributed by atoms with Gasteiger partial charge in [0.05, 0.1) is 0 Å². The zero-order valence-corrected chi connectivity index (χ0v) is 13.5. The van der Waals surface area contributed by atoms with Gasteiger partial charge in [0.1, 0.15) is 11.6 Å². The maximum absolute atomic E-state index is 5.84. The number of anilines is 1. The van der Waals surface area contributed by atoms with Crippen molar-refractivity contribution in [2.75, 3.05) is 43.5 Å². The lowest BCUT2D eigenvalue weighted by molar-refractivity contribution is 0.311. The Hall–Kier alpha value is -0.870. The van der Waals surface area contributed by atoms with Crippen molar-refractivity contribution < 1.29 is 0 Å². The fraction of sp³-hybridized carbons (Fsp3) is 0.733. The van der Waals surface area contributed by atoms with Crippen LogP contribution in [0.4, 0.5) is 5.82 Å². The normalized spacial score (nSPS) is 17.6. The van der Waals surface area contributed by atoms with Crippen LogP contribution in [-0.4, -0.2) is 53.5 Å². The van der Waals surface area contributed by atoms with Crippen LogP contribution in [0.3, 0.4) is 0 Å². The lowest BCUT2D eigenvalue weighted by Crippen LogP contribution is -2.32. The molecule has 0 aromatic carbocycles. The third-order valence-corrected chi connectivity index (χ3v) is 3.86. The topological polar surface area (TPSA) is 32.3 Å². The van der Waals surface area contributed by atoms with Gasteiger partial charge in [0.25, 0.3) is 0 Å². The summed E-state index contributed by atoms with van der Waals surface area (Å²) in [6.45, 7) is 11.6. The van der Waals surface area contributed by atoms with Crippen LogP contribution in [0.15, 0.2) is 6.07 Å². The zero-order chi connectivity index (χ0) is 14.5. The maximum atomic E-state index is 5.84. The standard InChI is InChI=1S/C15H25ClN4/c1-12(2)15-17-13(3)11-14(18-15)20-7-4-6-19(8-5-16)9-10-20/h11-12H,4-10H2,1-3H3. The molecule has 1 saturated heterocycles. The van der Waals surface area contributed by atoms with Crippen LogP contribution in [0.5, 0.6) is 0 Å². The van der Waals surface area contributed by atoms with Crippen LogP contribution >= 0.6 is 11.6 Å². The molecule has 1 aliphatic heterocycles. The van der Waals surface area contributed by atoms with Crippen LogP contribution in [0, 0.1) is 6.92 Å². The van der Waals surface area contributed by atoms with Gasteiger partial charge in [-0.25, -0.2) is 9.97 Å². The van der Waals surface area contributed by atoms with Crippen LogP contribution in [0.1, 0.15) is 37.7 Å². The highest BCUT2D eigenvalue weighted by Crippen LogP contribution is 2.18. The van der Waals surface area contributed by atoms with E-state index < -0.39 is 0 Å². The number of alkyl halides is 1. The number of nitrogens with zero attached hydrogens (tertiary/aromatic N) is 4. The van der Waals surface area contributed by atoms with E-state index in [0.29, 0.717) is 11.8 Å². The van der Waals surface area contributed by atoms with Gasteiger partial charge in [-0.1, -0.05) is 13.8 Å². The Kier molecular flexibility index (Phi) is 5.61. The largest absolute Gasteiger partial charge is 0.355 e. The third-order valence-electron chi connectivity index (χ3n) is 3.69. The minimum absolute atomic E-state index is 0.369. The number of halogens is 1. The first kappa shape index (κ1) is 15.5. The van der Waals surface area contributed by atoms with Gasteiger partial charge in [-0.3, -0.25) is 0 Å². The summed E-state index contributed by atoms with van der Waals surface area (Å²) in [6.07, 6.45) is 1.16. The second kappa shape index (κ2) is 7.23. The Balaban J connectivity index is 2.11. The molecule has 0 N–H and O–H groups in total. The summed E-state index contributed by atoms with van der Waals surface area (Å²) in [6, 6.07) is 2.10. The van der Waals surface area contributed by atoms with E-state index in [1.165, 1.54) is 0 Å². The summed E-state index contributed by atoms with van der Waals surface area (Å²) >= 11 is 5.84. The molecule has 0 amide bonds. The van der Waals surface area contributed by atoms with Crippen LogP contribution in [-0.2, 0) is 0 Å². The molecule has 0 unspecified atom stereocenters. The maximum Gasteiger partial charge on any atom is 0.133 e. The summed E-state index contributed by atoms with van der Waals surface area (Å²) < 4.78 is 0. The van der Waals surface area contributed by atoms with E-state index >= 15 is 0 Å². The molecule has 112 valence electrons. The number of rotatable bonds is 4. The Labute approximate surface area is 127 Å². The first-order chi connectivity index (χ1) is 9.60. The Morgan fingerprint density at radius 3 is 2.70 bits per heavy atom. The molecule has 1 aromatic rings. The van der Waals surface area contributed by atoms with Gasteiger partial charge in [0.2, 0.25) is 0 Å². The lowest BCUT2D eigenvalue weighted by atomic mass is 10.2. The predicted molar refractivity (Wildman–Crippen MR) is 84.8 cm³/mol. The molecule has 0 spiro atoms. The number of aryl methyl sites for hydroxylation is 1. The van der Waals surface area contributed by atoms with E-state index in [4.69, 9.17) is 16.6 Å². The molecule has 1 fully saturated rings. The molecule has 2 heterocycles. The molecule has 5 heteroatoms. The van der Waals surface area contributed by atoms with E-state index in [9.17, 15) is 0 Å². The lowest BCUT2D eigenvalue weighted by Gasteiger charge is -2.23. The predicted octanol–water partition coefficient (Wildman–Crippen LogP) is 2.66. The summed E-state index contributed by atoms with van der Waals surface area (Å²) in [5.74, 6) is 3.11. The molecule has 0 bridgehead atoms. The Morgan fingerprint density at radius 1 is 1.20 bits per heavy atom. The molecular weight excluding hydrogens is 272 g/mol. The highest BCUT2D eigenvalue weighted by molar-refractivity contribution is 6.18. The van der Waals surface area contributed by atoms with Gasteiger partial charge in [-0.2, -0.15) is 0 Å². The minimum Gasteiger partial charge on any atom is -0.355 e. The average molecular weight is 297 g/mol. The fourth-order valence-corrected chi connectivity index (χ4v) is 2.78. The fourth-order valence-electron chi connectivity index (χ4n) is 2.54. The smallest absolute Gasteiger partial charge is 0.133 e. The quantitative estimate of drug-likeness (QED) is 0.800. The molecule has 20 heavy (non-hydrogen) atoms. The van der Waals surface area contributed by atoms with Gasteiger partial charge < -0.3 is 9.80 Å². The van der Waals surface area contributed by atoms with Crippen LogP contribution in [0.2, 0.25) is 0 Å². The first-order valence-electron chi connectivity index (χ1n) is 7.49. The van der Waals surface area contributed by atoms with Crippen molar-refractivity contribution in [1.82, 2.24) is 14.9 Å². The molecule has 1 aliphatic rings. The van der Waals surface area contributed by atoms with Gasteiger partial charge in [-0.05, 0) is 19.9 Å². The molecule has 1 aromatic heterocycles. The van der Waals surface area contributed by atoms with Crippen molar-refractivity contribution in [2.45, 2.75) is 33.1 Å². The van der Waals surface area contributed by atoms with Crippen LogP contribution < -0.4 is 4.90 Å². The summed E-state index contributed by atoms with van der Waals surface area (Å²) in [7, 11) is 0. The third kappa shape index (κ3) is 4.06. The first-order valence-corrected chi connectivity index (χ1v) is 8.02. The van der Waals surface area contributed by atoms with E-state index in [1.807, 2.05) is 0 Å². The molecule has 0 atom stereocenters. The van der Waals surface area contributed by atoms with Gasteiger partial charge in [0, 0.05) is 49.7 Å². The molecular formula is C15H25ClN4. The second-order valence-electron chi connectivity index (χ2n) is 5.75. The van der Waals surface area contributed by atoms with E-state index in [-0.39, 0.29) is 0 Å². The minimum atomic E-state index is 0.369. The van der Waals surface area contributed by atoms with E-state index in [0.717, 1.165) is 56.5 Å². The second-order valence-corrected chi connectivity index (χ2v) is 6.13. The summed E-state index contributed by atoms with van der Waals surface area (Å²) in [5.41, 5.74) is 1.06. The van der Waals surface area contributed by atoms with Crippen LogP contribution in [0.25, 0.3) is 0 Å².